The average Bonchev–Trinajstić information content (AvgIpc) is 2.90. The van der Waals surface area contributed by atoms with E-state index < -0.39 is 0 Å². The molecule has 3 aromatic rings. The highest BCUT2D eigenvalue weighted by Gasteiger charge is 2.12. The molecule has 128 valence electrons. The molecule has 0 aliphatic rings. The van der Waals surface area contributed by atoms with Gasteiger partial charge in [0.15, 0.2) is 0 Å². The van der Waals surface area contributed by atoms with E-state index in [2.05, 4.69) is 4.99 Å². The van der Waals surface area contributed by atoms with Gasteiger partial charge in [-0.25, -0.2) is 0 Å². The van der Waals surface area contributed by atoms with Gasteiger partial charge in [0.1, 0.15) is 10.6 Å². The molecule has 0 amide bonds. The van der Waals surface area contributed by atoms with Crippen LogP contribution in [0, 0.1) is 0 Å². The molecule has 0 spiro atoms. The van der Waals surface area contributed by atoms with E-state index in [-0.39, 0.29) is 10.8 Å². The lowest BCUT2D eigenvalue weighted by atomic mass is 10.2. The Labute approximate surface area is 149 Å². The lowest BCUT2D eigenvalue weighted by Gasteiger charge is -2.03. The molecule has 1 N–H and O–H groups in total. The van der Waals surface area contributed by atoms with Crippen LogP contribution in [-0.2, 0) is 6.54 Å². The Kier molecular flexibility index (Phi) is 5.30. The Morgan fingerprint density at radius 2 is 1.88 bits per heavy atom. The highest BCUT2D eigenvalue weighted by molar-refractivity contribution is 7.11. The summed E-state index contributed by atoms with van der Waals surface area (Å²) in [6, 6.07) is 16.8. The van der Waals surface area contributed by atoms with Crippen LogP contribution in [0.3, 0.4) is 0 Å². The third-order valence-electron chi connectivity index (χ3n) is 3.56. The molecule has 1 aromatic heterocycles. The van der Waals surface area contributed by atoms with Crippen LogP contribution < -0.4 is 9.61 Å². The molecule has 0 saturated heterocycles. The van der Waals surface area contributed by atoms with Crippen LogP contribution in [0.2, 0.25) is 0 Å². The van der Waals surface area contributed by atoms with Crippen molar-refractivity contribution in [3.63, 3.8) is 0 Å². The summed E-state index contributed by atoms with van der Waals surface area (Å²) < 4.78 is 6.73. The molecule has 25 heavy (non-hydrogen) atoms. The SMILES string of the molecule is CCOc1ccc(N=Cc2sc(=O)n(Cc3ccccc3)c2O)cc1. The summed E-state index contributed by atoms with van der Waals surface area (Å²) >= 11 is 0.974. The summed E-state index contributed by atoms with van der Waals surface area (Å²) in [6.07, 6.45) is 1.51. The third-order valence-corrected chi connectivity index (χ3v) is 4.46. The molecule has 0 saturated carbocycles. The van der Waals surface area contributed by atoms with E-state index in [0.717, 1.165) is 28.3 Å². The van der Waals surface area contributed by atoms with Gasteiger partial charge in [0.2, 0.25) is 5.88 Å². The molecular formula is C19H18N2O3S. The van der Waals surface area contributed by atoms with Gasteiger partial charge in [-0.05, 0) is 36.8 Å². The van der Waals surface area contributed by atoms with Crippen molar-refractivity contribution in [1.82, 2.24) is 4.57 Å². The molecule has 0 aliphatic carbocycles. The van der Waals surface area contributed by atoms with Gasteiger partial charge in [-0.15, -0.1) is 0 Å². The van der Waals surface area contributed by atoms with E-state index in [1.165, 1.54) is 10.8 Å². The van der Waals surface area contributed by atoms with Crippen molar-refractivity contribution in [3.05, 3.63) is 74.7 Å². The smallest absolute Gasteiger partial charge is 0.310 e. The standard InChI is InChI=1S/C19H18N2O3S/c1-2-24-16-10-8-15(9-11-16)20-12-17-18(22)21(19(23)25-17)13-14-6-4-3-5-7-14/h3-12,22H,2,13H2,1H3. The summed E-state index contributed by atoms with van der Waals surface area (Å²) in [7, 11) is 0. The number of thiazole rings is 1. The monoisotopic (exact) mass is 354 g/mol. The van der Waals surface area contributed by atoms with Gasteiger partial charge in [-0.2, -0.15) is 0 Å². The Balaban J connectivity index is 1.79. The van der Waals surface area contributed by atoms with Gasteiger partial charge in [-0.1, -0.05) is 41.7 Å². The molecule has 0 radical (unpaired) electrons. The minimum Gasteiger partial charge on any atom is -0.494 e. The van der Waals surface area contributed by atoms with Crippen molar-refractivity contribution in [2.75, 3.05) is 6.61 Å². The van der Waals surface area contributed by atoms with Gasteiger partial charge in [0.05, 0.1) is 25.1 Å². The van der Waals surface area contributed by atoms with Gasteiger partial charge >= 0.3 is 4.87 Å². The normalized spacial score (nSPS) is 11.1. The van der Waals surface area contributed by atoms with Crippen molar-refractivity contribution < 1.29 is 9.84 Å². The van der Waals surface area contributed by atoms with Crippen LogP contribution in [0.4, 0.5) is 5.69 Å². The highest BCUT2D eigenvalue weighted by Crippen LogP contribution is 2.22. The Morgan fingerprint density at radius 3 is 2.56 bits per heavy atom. The molecule has 5 nitrogen and oxygen atoms in total. The van der Waals surface area contributed by atoms with Crippen LogP contribution in [0.5, 0.6) is 11.6 Å². The minimum absolute atomic E-state index is 0.0615. The fourth-order valence-corrected chi connectivity index (χ4v) is 3.09. The molecule has 0 bridgehead atoms. The molecule has 0 unspecified atom stereocenters. The lowest BCUT2D eigenvalue weighted by molar-refractivity contribution is 0.340. The predicted octanol–water partition coefficient (Wildman–Crippen LogP) is 3.81. The van der Waals surface area contributed by atoms with Crippen molar-refractivity contribution in [2.24, 2.45) is 4.99 Å². The molecule has 0 atom stereocenters. The Bertz CT molecular complexity index is 912. The molecular weight excluding hydrogens is 336 g/mol. The number of aromatic hydroxyl groups is 1. The summed E-state index contributed by atoms with van der Waals surface area (Å²) in [5.74, 6) is 0.719. The van der Waals surface area contributed by atoms with Crippen molar-refractivity contribution in [1.29, 1.82) is 0 Å². The predicted molar refractivity (Wildman–Crippen MR) is 101 cm³/mol. The first kappa shape index (κ1) is 17.0. The Morgan fingerprint density at radius 1 is 1.16 bits per heavy atom. The highest BCUT2D eigenvalue weighted by atomic mass is 32.1. The first-order valence-corrected chi connectivity index (χ1v) is 8.72. The van der Waals surface area contributed by atoms with E-state index >= 15 is 0 Å². The second-order valence-corrected chi connectivity index (χ2v) is 6.31. The molecule has 0 aliphatic heterocycles. The number of aromatic nitrogens is 1. The van der Waals surface area contributed by atoms with E-state index in [0.29, 0.717) is 18.0 Å². The summed E-state index contributed by atoms with van der Waals surface area (Å²) in [4.78, 5) is 16.7. The first-order valence-electron chi connectivity index (χ1n) is 7.91. The van der Waals surface area contributed by atoms with Crippen LogP contribution in [0.15, 0.2) is 64.4 Å². The minimum atomic E-state index is -0.213. The zero-order valence-electron chi connectivity index (χ0n) is 13.8. The lowest BCUT2D eigenvalue weighted by Crippen LogP contribution is -2.13. The molecule has 6 heteroatoms. The number of rotatable bonds is 6. The average molecular weight is 354 g/mol. The van der Waals surface area contributed by atoms with E-state index in [4.69, 9.17) is 4.74 Å². The quantitative estimate of drug-likeness (QED) is 0.685. The molecule has 0 fully saturated rings. The van der Waals surface area contributed by atoms with Crippen molar-refractivity contribution in [3.8, 4) is 11.6 Å². The molecule has 3 rings (SSSR count). The largest absolute Gasteiger partial charge is 0.494 e. The van der Waals surface area contributed by atoms with Gasteiger partial charge in [0.25, 0.3) is 0 Å². The second kappa shape index (κ2) is 7.81. The zero-order valence-corrected chi connectivity index (χ0v) is 14.6. The van der Waals surface area contributed by atoms with Gasteiger partial charge in [-0.3, -0.25) is 14.4 Å². The summed E-state index contributed by atoms with van der Waals surface area (Å²) in [6.45, 7) is 2.87. The fraction of sp³-hybridized carbons (Fsp3) is 0.158. The first-order chi connectivity index (χ1) is 12.2. The second-order valence-electron chi connectivity index (χ2n) is 5.31. The number of hydrogen-bond acceptors (Lipinski definition) is 5. The van der Waals surface area contributed by atoms with Gasteiger partial charge in [0, 0.05) is 0 Å². The zero-order chi connectivity index (χ0) is 17.6. The number of benzene rings is 2. The van der Waals surface area contributed by atoms with E-state index in [9.17, 15) is 9.90 Å². The maximum Gasteiger partial charge on any atom is 0.310 e. The molecule has 1 heterocycles. The van der Waals surface area contributed by atoms with Crippen molar-refractivity contribution >= 4 is 23.2 Å². The van der Waals surface area contributed by atoms with Gasteiger partial charge < -0.3 is 9.84 Å². The van der Waals surface area contributed by atoms with E-state index in [1.807, 2.05) is 61.5 Å². The maximum atomic E-state index is 12.1. The Hall–Kier alpha value is -2.86. The summed E-state index contributed by atoms with van der Waals surface area (Å²) in [5, 5.41) is 10.3. The maximum absolute atomic E-state index is 12.1. The topological polar surface area (TPSA) is 63.8 Å². The fourth-order valence-electron chi connectivity index (χ4n) is 2.33. The number of ether oxygens (including phenoxy) is 1. The number of hydrogen-bond donors (Lipinski definition) is 1. The van der Waals surface area contributed by atoms with Crippen molar-refractivity contribution in [2.45, 2.75) is 13.5 Å². The molecule has 2 aromatic carbocycles. The number of nitrogens with zero attached hydrogens (tertiary/aromatic N) is 2. The summed E-state index contributed by atoms with van der Waals surface area (Å²) in [5.41, 5.74) is 1.67. The van der Waals surface area contributed by atoms with Crippen LogP contribution in [0.1, 0.15) is 17.4 Å². The van der Waals surface area contributed by atoms with Crippen LogP contribution in [-0.4, -0.2) is 22.5 Å². The van der Waals surface area contributed by atoms with Crippen LogP contribution in [0.25, 0.3) is 0 Å². The van der Waals surface area contributed by atoms with E-state index in [1.54, 1.807) is 0 Å². The third kappa shape index (κ3) is 4.16. The van der Waals surface area contributed by atoms with Crippen LogP contribution >= 0.6 is 11.3 Å². The number of aliphatic imine (C=N–C) groups is 1.